The number of carbonyl (C=O) groups excluding carboxylic acids is 8. The number of ether oxygens (including phenoxy) is 6. The minimum atomic E-state index is -4.87. The minimum Gasteiger partial charge on any atom is -0.476 e. The maximum absolute atomic E-state index is 15.0. The van der Waals surface area contributed by atoms with E-state index < -0.39 is 185 Å². The van der Waals surface area contributed by atoms with Crippen molar-refractivity contribution in [2.75, 3.05) is 26.3 Å². The molecule has 2 aromatic carbocycles. The van der Waals surface area contributed by atoms with E-state index in [0.29, 0.717) is 124 Å². The second-order valence-corrected chi connectivity index (χ2v) is 37.6. The summed E-state index contributed by atoms with van der Waals surface area (Å²) < 4.78 is 173. The molecule has 6 fully saturated rings. The Kier molecular flexibility index (Phi) is 26.8. The number of hydrogen-bond donors (Lipinski definition) is 2. The van der Waals surface area contributed by atoms with E-state index in [9.17, 15) is 81.5 Å². The molecule has 14 atom stereocenters. The molecule has 2 N–H and O–H groups in total. The van der Waals surface area contributed by atoms with Crippen molar-refractivity contribution in [1.29, 1.82) is 0 Å². The van der Waals surface area contributed by atoms with Crippen molar-refractivity contribution in [2.45, 2.75) is 256 Å². The largest absolute Gasteiger partial charge is 0.476 e. The number of nitrogens with zero attached hydrogens (tertiary/aromatic N) is 6. The number of amides is 4. The van der Waals surface area contributed by atoms with Crippen LogP contribution in [0.3, 0.4) is 0 Å². The maximum atomic E-state index is 15.0. The molecule has 116 heavy (non-hydrogen) atoms. The van der Waals surface area contributed by atoms with E-state index in [2.05, 4.69) is 29.8 Å². The Morgan fingerprint density at radius 2 is 0.845 bits per heavy atom. The minimum absolute atomic E-state index is 0.0206. The van der Waals surface area contributed by atoms with Gasteiger partial charge in [0.1, 0.15) is 12.2 Å². The topological polar surface area (TPSA) is 342 Å². The van der Waals surface area contributed by atoms with Gasteiger partial charge in [-0.25, -0.2) is 16.8 Å². The third kappa shape index (κ3) is 20.1. The molecule has 0 radical (unpaired) electrons. The highest BCUT2D eigenvalue weighted by Crippen LogP contribution is 2.59. The van der Waals surface area contributed by atoms with Crippen molar-refractivity contribution in [2.24, 2.45) is 58.2 Å². The van der Waals surface area contributed by atoms with E-state index in [-0.39, 0.29) is 75.2 Å². The van der Waals surface area contributed by atoms with Crippen molar-refractivity contribution >= 4 is 88.7 Å². The quantitative estimate of drug-likeness (QED) is 0.0419. The average Bonchev–Trinajstić information content (AvgIpc) is 1.57. The molecule has 4 aliphatic heterocycles. The first-order valence-electron chi connectivity index (χ1n) is 40.4. The van der Waals surface area contributed by atoms with Crippen molar-refractivity contribution in [3.8, 4) is 23.5 Å². The Bertz CT molecular complexity index is 4370. The number of ketones is 2. The van der Waals surface area contributed by atoms with Crippen molar-refractivity contribution in [3.63, 3.8) is 0 Å². The summed E-state index contributed by atoms with van der Waals surface area (Å²) in [7, 11) is -7.88. The van der Waals surface area contributed by atoms with Crippen LogP contribution in [0.25, 0.3) is 21.5 Å². The number of halogens is 6. The monoisotopic (exact) mass is 1670 g/mol. The van der Waals surface area contributed by atoms with Crippen LogP contribution in [0.2, 0.25) is 0 Å². The summed E-state index contributed by atoms with van der Waals surface area (Å²) in [5.41, 5.74) is -8.37. The number of carbonyl (C=O) groups is 8. The lowest BCUT2D eigenvalue weighted by Gasteiger charge is -2.34. The highest BCUT2D eigenvalue weighted by atomic mass is 32.2. The Morgan fingerprint density at radius 1 is 0.509 bits per heavy atom. The Morgan fingerprint density at radius 3 is 1.16 bits per heavy atom. The van der Waals surface area contributed by atoms with Crippen LogP contribution < -0.4 is 28.4 Å². The summed E-state index contributed by atoms with van der Waals surface area (Å²) in [6, 6.07) is 11.9. The first kappa shape index (κ1) is 88.3. The lowest BCUT2D eigenvalue weighted by molar-refractivity contribution is -0.257. The van der Waals surface area contributed by atoms with Crippen LogP contribution in [-0.4, -0.2) is 179 Å². The zero-order valence-electron chi connectivity index (χ0n) is 67.1. The number of allylic oxidation sites excluding steroid dienone is 4. The smallest absolute Gasteiger partial charge is 0.427 e. The number of esters is 2. The first-order chi connectivity index (χ1) is 54.6. The fraction of sp³-hybridized carbons (Fsp3) is 0.659. The van der Waals surface area contributed by atoms with Crippen LogP contribution in [0.15, 0.2) is 72.8 Å². The summed E-state index contributed by atoms with van der Waals surface area (Å²) in [5, 5.41) is 17.9. The molecule has 8 aliphatic rings. The number of alkyl halides is 6. The molecule has 0 bridgehead atoms. The van der Waals surface area contributed by atoms with Gasteiger partial charge in [-0.05, 0) is 178 Å². The molecule has 2 aromatic heterocycles. The molecule has 0 unspecified atom stereocenters. The van der Waals surface area contributed by atoms with Crippen LogP contribution in [0, 0.1) is 58.2 Å². The molecule has 4 aromatic rings. The summed E-state index contributed by atoms with van der Waals surface area (Å²) in [6.45, 7) is 14.6. The van der Waals surface area contributed by atoms with Gasteiger partial charge in [-0.3, -0.25) is 47.8 Å². The van der Waals surface area contributed by atoms with Gasteiger partial charge in [-0.2, -0.15) is 26.3 Å². The standard InChI is InChI=1S/2C41H53F3N4O9S/c2*1-6-25-18-24(3)12-8-9-13-26-21-40(26,38(52)47-58(53,54)28-16-17-28)22-33(49)32-19-27(56-36-30-15-11-10-14-29(30)35(45-46-36)55-7-2)23-48(32)37(51)31(25)20-34(50)57-39(4,5)41(42,43)44/h2*9-11,13-15,24-28,31-32H,6-8,12,16-23H2,1-5H3,(H,47,52)/b2*13-9-/t24-,25+,26+,27+,31-,32-,40+;24-,25-,26-,27-,31+,32+,40-/m01/s1. The molecule has 26 nitrogen and oxygen atoms in total. The normalized spacial score (nSPS) is 29.1. The van der Waals surface area contributed by atoms with E-state index in [4.69, 9.17) is 28.4 Å². The van der Waals surface area contributed by atoms with E-state index in [1.807, 2.05) is 65.8 Å². The van der Waals surface area contributed by atoms with Gasteiger partial charge in [0.15, 0.2) is 11.6 Å². The maximum Gasteiger partial charge on any atom is 0.427 e. The van der Waals surface area contributed by atoms with E-state index in [1.54, 1.807) is 48.5 Å². The number of aromatic nitrogens is 4. The summed E-state index contributed by atoms with van der Waals surface area (Å²) in [6.07, 6.45) is 0.479. The molecule has 6 heterocycles. The molecule has 2 saturated heterocycles. The Labute approximate surface area is 671 Å². The van der Waals surface area contributed by atoms with E-state index in [1.165, 1.54) is 9.80 Å². The summed E-state index contributed by atoms with van der Waals surface area (Å²) in [4.78, 5) is 116. The number of nitrogens with one attached hydrogen (secondary N) is 2. The zero-order valence-corrected chi connectivity index (χ0v) is 68.7. The fourth-order valence-corrected chi connectivity index (χ4v) is 19.5. The third-order valence-electron chi connectivity index (χ3n) is 24.2. The summed E-state index contributed by atoms with van der Waals surface area (Å²) in [5.74, 6) is -9.40. The van der Waals surface area contributed by atoms with Crippen LogP contribution in [0.4, 0.5) is 26.3 Å². The number of hydrogen-bond acceptors (Lipinski definition) is 22. The van der Waals surface area contributed by atoms with Crippen LogP contribution >= 0.6 is 0 Å². The molecule has 4 aliphatic carbocycles. The molecule has 636 valence electrons. The lowest BCUT2D eigenvalue weighted by atomic mass is 9.79. The number of Topliss-reactive ketones (excluding diaryl/α,β-unsaturated/α-hetero) is 2. The highest BCUT2D eigenvalue weighted by Gasteiger charge is 2.64. The average molecular weight is 1670 g/mol. The number of fused-ring (bicyclic) bond motifs is 6. The van der Waals surface area contributed by atoms with Gasteiger partial charge in [0, 0.05) is 25.7 Å². The molecule has 4 saturated carbocycles. The van der Waals surface area contributed by atoms with Gasteiger partial charge in [0.25, 0.3) is 0 Å². The van der Waals surface area contributed by atoms with Gasteiger partial charge < -0.3 is 38.2 Å². The van der Waals surface area contributed by atoms with Gasteiger partial charge in [-0.15, -0.1) is 20.4 Å². The van der Waals surface area contributed by atoms with Crippen molar-refractivity contribution in [3.05, 3.63) is 72.8 Å². The Hall–Kier alpha value is -8.56. The lowest BCUT2D eigenvalue weighted by Crippen LogP contribution is -2.48. The van der Waals surface area contributed by atoms with Gasteiger partial charge in [0.05, 0.1) is 106 Å². The van der Waals surface area contributed by atoms with Crippen molar-refractivity contribution in [1.82, 2.24) is 39.6 Å². The van der Waals surface area contributed by atoms with Gasteiger partial charge in [0.2, 0.25) is 78.4 Å². The number of rotatable bonds is 22. The molecule has 34 heteroatoms. The van der Waals surface area contributed by atoms with Crippen LogP contribution in [0.1, 0.15) is 198 Å². The van der Waals surface area contributed by atoms with Crippen molar-refractivity contribution < 1.29 is 110 Å². The van der Waals surface area contributed by atoms with Gasteiger partial charge in [-0.1, -0.05) is 89.1 Å². The predicted molar refractivity (Wildman–Crippen MR) is 412 cm³/mol. The summed E-state index contributed by atoms with van der Waals surface area (Å²) >= 11 is 0. The number of sulfonamides is 2. The molecular formula is C82H106F6N8O18S2. The third-order valence-corrected chi connectivity index (χ3v) is 27.9. The highest BCUT2D eigenvalue weighted by molar-refractivity contribution is 7.91. The number of benzene rings is 2. The predicted octanol–water partition coefficient (Wildman–Crippen LogP) is 12.5. The molecule has 4 amide bonds. The molecule has 12 rings (SSSR count). The second kappa shape index (κ2) is 35.2. The van der Waals surface area contributed by atoms with Crippen LogP contribution in [-0.2, 0) is 67.9 Å². The fourth-order valence-electron chi connectivity index (χ4n) is 16.7. The molecule has 0 spiro atoms. The zero-order chi connectivity index (χ0) is 84.4. The first-order valence-corrected chi connectivity index (χ1v) is 43.5. The van der Waals surface area contributed by atoms with E-state index in [0.717, 1.165) is 27.7 Å². The van der Waals surface area contributed by atoms with Crippen LogP contribution in [0.5, 0.6) is 23.5 Å². The van der Waals surface area contributed by atoms with Gasteiger partial charge >= 0.3 is 24.3 Å². The molecular weight excluding hydrogens is 1560 g/mol. The van der Waals surface area contributed by atoms with E-state index >= 15 is 0 Å². The Balaban J connectivity index is 0.000000228. The second-order valence-electron chi connectivity index (χ2n) is 33.7. The SMILES string of the molecule is CCOc1nnc(O[C@@H]2C[C@H]3C(=O)C[C@]4(C(=O)NS(=O)(=O)C5CC5)C[C@H]4/C=C\CC[C@@H](C)C[C@@H](CC)[C@H](CC(=O)OC(C)(C)C(F)(F)F)C(=O)N3C2)c2ccccc12.CCOc1nnc(O[C@@H]2C[C@H]3C(=O)C[C@]4(C(=O)NS(=O)(=O)C5CC5)C[C@H]4/C=C\CC[C@H](C)C[C@@H](CC)[C@H](CC(=O)OC(C)(C)C(F)(F)F)C(=O)N3C2)c2ccccc12.